The van der Waals surface area contributed by atoms with E-state index in [9.17, 15) is 9.59 Å². The number of hydrogen-bond donors (Lipinski definition) is 1. The van der Waals surface area contributed by atoms with E-state index in [1.165, 1.54) is 0 Å². The SMILES string of the molecule is CCOC(=O)NCC(CC(C)C)C(=O)CBr. The lowest BCUT2D eigenvalue weighted by Gasteiger charge is -2.17. The lowest BCUT2D eigenvalue weighted by Crippen LogP contribution is -2.34. The first kappa shape index (κ1) is 15.4. The minimum absolute atomic E-state index is 0.116. The molecule has 1 amide bonds. The van der Waals surface area contributed by atoms with Gasteiger partial charge in [-0.3, -0.25) is 4.79 Å². The molecule has 16 heavy (non-hydrogen) atoms. The summed E-state index contributed by atoms with van der Waals surface area (Å²) >= 11 is 3.15. The number of ketones is 1. The van der Waals surface area contributed by atoms with E-state index in [0.717, 1.165) is 6.42 Å². The molecule has 0 aromatic carbocycles. The second-order valence-electron chi connectivity index (χ2n) is 4.03. The summed E-state index contributed by atoms with van der Waals surface area (Å²) in [6.07, 6.45) is 0.315. The van der Waals surface area contributed by atoms with Gasteiger partial charge in [-0.25, -0.2) is 4.79 Å². The molecule has 0 radical (unpaired) electrons. The summed E-state index contributed by atoms with van der Waals surface area (Å²) < 4.78 is 4.74. The summed E-state index contributed by atoms with van der Waals surface area (Å²) in [6, 6.07) is 0. The van der Waals surface area contributed by atoms with Crippen molar-refractivity contribution >= 4 is 27.8 Å². The number of halogens is 1. The van der Waals surface area contributed by atoms with Gasteiger partial charge in [0.15, 0.2) is 0 Å². The van der Waals surface area contributed by atoms with E-state index in [0.29, 0.717) is 24.4 Å². The summed E-state index contributed by atoms with van der Waals surface area (Å²) in [4.78, 5) is 22.7. The number of nitrogens with one attached hydrogen (secondary N) is 1. The van der Waals surface area contributed by atoms with Crippen molar-refractivity contribution in [3.8, 4) is 0 Å². The maximum Gasteiger partial charge on any atom is 0.407 e. The Hall–Kier alpha value is -0.580. The Morgan fingerprint density at radius 1 is 1.38 bits per heavy atom. The lowest BCUT2D eigenvalue weighted by molar-refractivity contribution is -0.120. The second kappa shape index (κ2) is 8.56. The zero-order chi connectivity index (χ0) is 12.6. The zero-order valence-electron chi connectivity index (χ0n) is 10.1. The summed E-state index contributed by atoms with van der Waals surface area (Å²) in [5.74, 6) is 0.409. The summed E-state index contributed by atoms with van der Waals surface area (Å²) in [7, 11) is 0. The molecule has 0 aliphatic rings. The maximum absolute atomic E-state index is 11.6. The van der Waals surface area contributed by atoms with Crippen molar-refractivity contribution < 1.29 is 14.3 Å². The molecular formula is C11H20BrNO3. The van der Waals surface area contributed by atoms with Crippen LogP contribution in [0.5, 0.6) is 0 Å². The van der Waals surface area contributed by atoms with Gasteiger partial charge in [-0.15, -0.1) is 0 Å². The van der Waals surface area contributed by atoms with E-state index < -0.39 is 6.09 Å². The Balaban J connectivity index is 4.11. The highest BCUT2D eigenvalue weighted by Gasteiger charge is 2.19. The number of carbonyl (C=O) groups excluding carboxylic acids is 2. The average molecular weight is 294 g/mol. The van der Waals surface area contributed by atoms with Crippen LogP contribution in [-0.4, -0.2) is 30.4 Å². The molecule has 0 heterocycles. The Bertz CT molecular complexity index is 231. The number of hydrogen-bond acceptors (Lipinski definition) is 3. The van der Waals surface area contributed by atoms with Crippen LogP contribution in [0.3, 0.4) is 0 Å². The summed E-state index contributed by atoms with van der Waals surface area (Å²) in [6.45, 7) is 6.54. The van der Waals surface area contributed by atoms with Crippen LogP contribution in [0.15, 0.2) is 0 Å². The Morgan fingerprint density at radius 2 is 2.00 bits per heavy atom. The molecule has 0 saturated heterocycles. The highest BCUT2D eigenvalue weighted by molar-refractivity contribution is 9.09. The van der Waals surface area contributed by atoms with E-state index in [2.05, 4.69) is 35.1 Å². The van der Waals surface area contributed by atoms with E-state index in [1.54, 1.807) is 6.92 Å². The number of alkyl halides is 1. The van der Waals surface area contributed by atoms with Gasteiger partial charge in [0.05, 0.1) is 11.9 Å². The first-order valence-corrected chi connectivity index (χ1v) is 6.62. The van der Waals surface area contributed by atoms with Gasteiger partial charge in [0.25, 0.3) is 0 Å². The minimum atomic E-state index is -0.460. The molecule has 0 aromatic heterocycles. The van der Waals surface area contributed by atoms with E-state index >= 15 is 0 Å². The average Bonchev–Trinajstić information content (AvgIpc) is 2.23. The van der Waals surface area contributed by atoms with Crippen molar-refractivity contribution in [1.29, 1.82) is 0 Å². The predicted octanol–water partition coefficient (Wildman–Crippen LogP) is 2.36. The van der Waals surface area contributed by atoms with E-state index in [-0.39, 0.29) is 11.7 Å². The molecule has 4 nitrogen and oxygen atoms in total. The van der Waals surface area contributed by atoms with Gasteiger partial charge < -0.3 is 10.1 Å². The Morgan fingerprint density at radius 3 is 2.44 bits per heavy atom. The molecule has 0 aliphatic carbocycles. The Kier molecular flexibility index (Phi) is 8.25. The third-order valence-corrected chi connectivity index (χ3v) is 2.66. The fourth-order valence-electron chi connectivity index (χ4n) is 1.40. The highest BCUT2D eigenvalue weighted by Crippen LogP contribution is 2.13. The van der Waals surface area contributed by atoms with Crippen molar-refractivity contribution in [1.82, 2.24) is 5.32 Å². The van der Waals surface area contributed by atoms with Crippen LogP contribution in [0.25, 0.3) is 0 Å². The standard InChI is InChI=1S/C11H20BrNO3/c1-4-16-11(15)13-7-9(5-8(2)3)10(14)6-12/h8-9H,4-7H2,1-3H3,(H,13,15). The van der Waals surface area contributed by atoms with E-state index in [1.807, 2.05) is 0 Å². The molecule has 0 saturated carbocycles. The van der Waals surface area contributed by atoms with Crippen molar-refractivity contribution in [2.45, 2.75) is 27.2 Å². The van der Waals surface area contributed by atoms with Crippen LogP contribution in [0.1, 0.15) is 27.2 Å². The van der Waals surface area contributed by atoms with Crippen molar-refractivity contribution in [3.63, 3.8) is 0 Å². The third-order valence-electron chi connectivity index (χ3n) is 2.11. The monoisotopic (exact) mass is 293 g/mol. The molecule has 0 bridgehead atoms. The first-order chi connectivity index (χ1) is 7.51. The quantitative estimate of drug-likeness (QED) is 0.733. The van der Waals surface area contributed by atoms with Crippen LogP contribution in [0.2, 0.25) is 0 Å². The lowest BCUT2D eigenvalue weighted by atomic mass is 9.94. The van der Waals surface area contributed by atoms with Crippen molar-refractivity contribution in [2.24, 2.45) is 11.8 Å². The van der Waals surface area contributed by atoms with Crippen molar-refractivity contribution in [3.05, 3.63) is 0 Å². The molecule has 0 aromatic rings. The second-order valence-corrected chi connectivity index (χ2v) is 4.59. The number of amides is 1. The number of rotatable bonds is 7. The summed E-state index contributed by atoms with van der Waals surface area (Å²) in [5, 5.41) is 2.93. The van der Waals surface area contributed by atoms with Gasteiger partial charge >= 0.3 is 6.09 Å². The molecular weight excluding hydrogens is 274 g/mol. The van der Waals surface area contributed by atoms with Crippen LogP contribution >= 0.6 is 15.9 Å². The number of Topliss-reactive ketones (excluding diaryl/α,β-unsaturated/α-hetero) is 1. The van der Waals surface area contributed by atoms with Gasteiger partial charge in [0.1, 0.15) is 5.78 Å². The fourth-order valence-corrected chi connectivity index (χ4v) is 1.85. The summed E-state index contributed by atoms with van der Waals surface area (Å²) in [5.41, 5.74) is 0. The maximum atomic E-state index is 11.6. The van der Waals surface area contributed by atoms with E-state index in [4.69, 9.17) is 4.74 Å². The van der Waals surface area contributed by atoms with Gasteiger partial charge in [-0.05, 0) is 19.3 Å². The van der Waals surface area contributed by atoms with Crippen molar-refractivity contribution in [2.75, 3.05) is 18.5 Å². The minimum Gasteiger partial charge on any atom is -0.450 e. The van der Waals surface area contributed by atoms with Gasteiger partial charge in [-0.1, -0.05) is 29.8 Å². The van der Waals surface area contributed by atoms with Crippen LogP contribution in [0, 0.1) is 11.8 Å². The molecule has 0 aliphatic heterocycles. The van der Waals surface area contributed by atoms with Gasteiger partial charge in [0, 0.05) is 12.5 Å². The molecule has 5 heteroatoms. The smallest absolute Gasteiger partial charge is 0.407 e. The third kappa shape index (κ3) is 6.82. The van der Waals surface area contributed by atoms with Crippen LogP contribution < -0.4 is 5.32 Å². The number of ether oxygens (including phenoxy) is 1. The first-order valence-electron chi connectivity index (χ1n) is 5.50. The largest absolute Gasteiger partial charge is 0.450 e. The predicted molar refractivity (Wildman–Crippen MR) is 66.8 cm³/mol. The number of carbonyl (C=O) groups is 2. The van der Waals surface area contributed by atoms with Crippen LogP contribution in [-0.2, 0) is 9.53 Å². The zero-order valence-corrected chi connectivity index (χ0v) is 11.7. The molecule has 1 atom stereocenters. The fraction of sp³-hybridized carbons (Fsp3) is 0.818. The number of alkyl carbamates (subject to hydrolysis) is 1. The normalized spacial score (nSPS) is 12.3. The van der Waals surface area contributed by atoms with Gasteiger partial charge in [0.2, 0.25) is 0 Å². The molecule has 0 fully saturated rings. The topological polar surface area (TPSA) is 55.4 Å². The molecule has 0 spiro atoms. The highest BCUT2D eigenvalue weighted by atomic mass is 79.9. The Labute approximate surface area is 105 Å². The molecule has 1 N–H and O–H groups in total. The van der Waals surface area contributed by atoms with Crippen LogP contribution in [0.4, 0.5) is 4.79 Å². The molecule has 94 valence electrons. The molecule has 0 rings (SSSR count). The van der Waals surface area contributed by atoms with Gasteiger partial charge in [-0.2, -0.15) is 0 Å². The molecule has 1 unspecified atom stereocenters.